The van der Waals surface area contributed by atoms with Gasteiger partial charge in [-0.1, -0.05) is 54.1 Å². The van der Waals surface area contributed by atoms with E-state index in [4.69, 9.17) is 4.74 Å². The number of carbonyl (C=O) groups excluding carboxylic acids is 2. The van der Waals surface area contributed by atoms with Gasteiger partial charge in [0.1, 0.15) is 5.60 Å². The Morgan fingerprint density at radius 3 is 2.75 bits per heavy atom. The molecule has 0 aromatic heterocycles. The van der Waals surface area contributed by atoms with Gasteiger partial charge in [0, 0.05) is 17.3 Å². The van der Waals surface area contributed by atoms with E-state index in [9.17, 15) is 14.7 Å². The summed E-state index contributed by atoms with van der Waals surface area (Å²) in [6.45, 7) is 5.95. The van der Waals surface area contributed by atoms with E-state index in [0.29, 0.717) is 6.42 Å². The SMILES string of the molecule is C=C(C)C[C@@H]1N(c2cccc3ccccc23)C(=O)[C@@H]2[C@H](C(=O)[O-])[C@H]3C=C[C@]21O3. The molecule has 5 heteroatoms. The third-order valence-electron chi connectivity index (χ3n) is 6.26. The fourth-order valence-corrected chi connectivity index (χ4v) is 5.20. The number of ether oxygens (including phenoxy) is 1. The molecular weight excluding hydrogens is 354 g/mol. The summed E-state index contributed by atoms with van der Waals surface area (Å²) in [5.74, 6) is -3.20. The molecule has 5 atom stereocenters. The van der Waals surface area contributed by atoms with Crippen molar-refractivity contribution in [2.75, 3.05) is 4.90 Å². The number of hydrogen-bond donors (Lipinski definition) is 0. The number of carboxylic acids is 1. The van der Waals surface area contributed by atoms with E-state index in [-0.39, 0.29) is 11.9 Å². The van der Waals surface area contributed by atoms with E-state index >= 15 is 0 Å². The molecule has 3 aliphatic rings. The van der Waals surface area contributed by atoms with Crippen molar-refractivity contribution >= 4 is 28.3 Å². The third kappa shape index (κ3) is 2.11. The molecule has 2 fully saturated rings. The minimum absolute atomic E-state index is 0.219. The van der Waals surface area contributed by atoms with Crippen molar-refractivity contribution in [3.05, 3.63) is 66.8 Å². The van der Waals surface area contributed by atoms with Crippen LogP contribution in [0, 0.1) is 11.8 Å². The Morgan fingerprint density at radius 2 is 2.00 bits per heavy atom. The lowest BCUT2D eigenvalue weighted by molar-refractivity contribution is -0.313. The van der Waals surface area contributed by atoms with E-state index in [1.165, 1.54) is 0 Å². The Kier molecular flexibility index (Phi) is 3.55. The van der Waals surface area contributed by atoms with Gasteiger partial charge in [0.2, 0.25) is 5.91 Å². The smallest absolute Gasteiger partial charge is 0.234 e. The summed E-state index contributed by atoms with van der Waals surface area (Å²) in [6, 6.07) is 13.3. The van der Waals surface area contributed by atoms with Gasteiger partial charge in [-0.15, -0.1) is 6.58 Å². The highest BCUT2D eigenvalue weighted by Crippen LogP contribution is 2.57. The molecule has 28 heavy (non-hydrogen) atoms. The van der Waals surface area contributed by atoms with Crippen LogP contribution < -0.4 is 10.0 Å². The van der Waals surface area contributed by atoms with E-state index in [2.05, 4.69) is 6.58 Å². The fraction of sp³-hybridized carbons (Fsp3) is 0.304. The van der Waals surface area contributed by atoms with Crippen LogP contribution in [0.5, 0.6) is 0 Å². The number of aliphatic carboxylic acids is 1. The predicted octanol–water partition coefficient (Wildman–Crippen LogP) is 2.21. The number of fused-ring (bicyclic) bond motifs is 2. The molecule has 0 aliphatic carbocycles. The first-order valence-electron chi connectivity index (χ1n) is 9.47. The van der Waals surface area contributed by atoms with Crippen molar-refractivity contribution in [2.24, 2.45) is 11.8 Å². The van der Waals surface area contributed by atoms with Crippen LogP contribution in [0.25, 0.3) is 10.8 Å². The average Bonchev–Trinajstić information content (AvgIpc) is 3.30. The average molecular weight is 374 g/mol. The number of carboxylic acid groups (broad SMARTS) is 1. The molecule has 0 N–H and O–H groups in total. The second-order valence-electron chi connectivity index (χ2n) is 8.00. The van der Waals surface area contributed by atoms with Crippen molar-refractivity contribution in [1.29, 1.82) is 0 Å². The van der Waals surface area contributed by atoms with Gasteiger partial charge in [-0.05, 0) is 24.8 Å². The quantitative estimate of drug-likeness (QED) is 0.770. The Labute approximate surface area is 162 Å². The van der Waals surface area contributed by atoms with Crippen molar-refractivity contribution in [2.45, 2.75) is 31.1 Å². The van der Waals surface area contributed by atoms with Gasteiger partial charge >= 0.3 is 0 Å². The number of hydrogen-bond acceptors (Lipinski definition) is 4. The number of carbonyl (C=O) groups is 2. The topological polar surface area (TPSA) is 69.7 Å². The van der Waals surface area contributed by atoms with Crippen LogP contribution in [0.4, 0.5) is 5.69 Å². The highest BCUT2D eigenvalue weighted by atomic mass is 16.5. The predicted molar refractivity (Wildman–Crippen MR) is 103 cm³/mol. The minimum Gasteiger partial charge on any atom is -0.550 e. The standard InChI is InChI=1S/C23H21NO4/c1-13(2)12-18-23-11-10-17(28-23)19(22(26)27)20(23)21(25)24(18)16-9-5-7-14-6-3-4-8-15(14)16/h3-11,17-20H,1,12H2,2H3,(H,26,27)/p-1/t17-,18+,19-,20+,23-/m1/s1. The van der Waals surface area contributed by atoms with Gasteiger partial charge < -0.3 is 19.5 Å². The molecule has 3 aliphatic heterocycles. The van der Waals surface area contributed by atoms with E-state index in [1.807, 2.05) is 55.5 Å². The fourth-order valence-electron chi connectivity index (χ4n) is 5.20. The summed E-state index contributed by atoms with van der Waals surface area (Å²) in [7, 11) is 0. The first-order valence-corrected chi connectivity index (χ1v) is 9.47. The lowest BCUT2D eigenvalue weighted by Gasteiger charge is -2.34. The Balaban J connectivity index is 1.71. The molecule has 2 aromatic carbocycles. The first kappa shape index (κ1) is 17.2. The second-order valence-corrected chi connectivity index (χ2v) is 8.00. The number of benzene rings is 2. The molecular formula is C23H20NO4-. The van der Waals surface area contributed by atoms with Crippen LogP contribution in [0.15, 0.2) is 66.8 Å². The summed E-state index contributed by atoms with van der Waals surface area (Å²) in [5.41, 5.74) is 0.730. The summed E-state index contributed by atoms with van der Waals surface area (Å²) < 4.78 is 6.17. The molecule has 0 saturated carbocycles. The van der Waals surface area contributed by atoms with Gasteiger partial charge in [0.15, 0.2) is 0 Å². The molecule has 5 nitrogen and oxygen atoms in total. The zero-order chi connectivity index (χ0) is 19.6. The number of nitrogens with zero attached hydrogens (tertiary/aromatic N) is 1. The van der Waals surface area contributed by atoms with Crippen LogP contribution >= 0.6 is 0 Å². The largest absolute Gasteiger partial charge is 0.550 e. The van der Waals surface area contributed by atoms with E-state index in [0.717, 1.165) is 22.0 Å². The lowest BCUT2D eigenvalue weighted by atomic mass is 9.74. The number of amides is 1. The van der Waals surface area contributed by atoms with Crippen LogP contribution in [-0.2, 0) is 14.3 Å². The summed E-state index contributed by atoms with van der Waals surface area (Å²) in [4.78, 5) is 27.2. The van der Waals surface area contributed by atoms with Crippen molar-refractivity contribution in [3.63, 3.8) is 0 Å². The first-order chi connectivity index (χ1) is 13.4. The summed E-state index contributed by atoms with van der Waals surface area (Å²) >= 11 is 0. The zero-order valence-corrected chi connectivity index (χ0v) is 15.5. The maximum absolute atomic E-state index is 13.6. The maximum Gasteiger partial charge on any atom is 0.234 e. The normalized spacial score (nSPS) is 32.9. The minimum atomic E-state index is -1.23. The molecule has 2 aromatic rings. The molecule has 3 heterocycles. The van der Waals surface area contributed by atoms with Crippen LogP contribution in [0.3, 0.4) is 0 Å². The Hall–Kier alpha value is -2.92. The Morgan fingerprint density at radius 1 is 1.25 bits per heavy atom. The van der Waals surface area contributed by atoms with Crippen LogP contribution in [0.1, 0.15) is 13.3 Å². The highest BCUT2D eigenvalue weighted by Gasteiger charge is 2.69. The van der Waals surface area contributed by atoms with Gasteiger partial charge in [-0.25, -0.2) is 0 Å². The van der Waals surface area contributed by atoms with E-state index < -0.39 is 29.5 Å². The number of anilines is 1. The van der Waals surface area contributed by atoms with Gasteiger partial charge in [0.25, 0.3) is 0 Å². The van der Waals surface area contributed by atoms with Crippen molar-refractivity contribution in [1.82, 2.24) is 0 Å². The van der Waals surface area contributed by atoms with Crippen LogP contribution in [-0.4, -0.2) is 29.6 Å². The molecule has 0 radical (unpaired) electrons. The second kappa shape index (κ2) is 5.79. The summed E-state index contributed by atoms with van der Waals surface area (Å²) in [6.07, 6.45) is 3.57. The molecule has 1 amide bonds. The van der Waals surface area contributed by atoms with Crippen molar-refractivity contribution < 1.29 is 19.4 Å². The molecule has 0 unspecified atom stereocenters. The lowest BCUT2D eigenvalue weighted by Crippen LogP contribution is -2.46. The zero-order valence-electron chi connectivity index (χ0n) is 15.5. The van der Waals surface area contributed by atoms with Gasteiger partial charge in [-0.2, -0.15) is 0 Å². The molecule has 142 valence electrons. The molecule has 2 bridgehead atoms. The molecule has 2 saturated heterocycles. The van der Waals surface area contributed by atoms with E-state index in [1.54, 1.807) is 11.0 Å². The monoisotopic (exact) mass is 374 g/mol. The third-order valence-corrected chi connectivity index (χ3v) is 6.26. The van der Waals surface area contributed by atoms with Gasteiger partial charge in [-0.3, -0.25) is 4.79 Å². The maximum atomic E-state index is 13.6. The summed E-state index contributed by atoms with van der Waals surface area (Å²) in [5, 5.41) is 13.8. The molecule has 1 spiro atoms. The Bertz CT molecular complexity index is 1050. The van der Waals surface area contributed by atoms with Crippen molar-refractivity contribution in [3.8, 4) is 0 Å². The number of rotatable bonds is 4. The van der Waals surface area contributed by atoms with Gasteiger partial charge in [0.05, 0.1) is 23.8 Å². The highest BCUT2D eigenvalue weighted by molar-refractivity contribution is 6.09. The molecule has 5 rings (SSSR count). The van der Waals surface area contributed by atoms with Crippen LogP contribution in [0.2, 0.25) is 0 Å².